The predicted octanol–water partition coefficient (Wildman–Crippen LogP) is 20.3. The SMILES string of the molecule is c1ccc(-c2ccc(-c3ccc(N(c4cccc(-c5ccc6c(c5)C5(c7ccccc7-6)c6ccccc6-n6c7ccccc7c7cccc5c76)c4)c4ccc5c(c4)C4(c6ccccc6-c6ccccc64)c4ccccc4-5)cc3)cc2)cc1. The largest absolute Gasteiger partial charge is 0.310 e. The standard InChI is InChI=1S/C80H50N2/c1-2-18-51(19-3-1)52-36-38-53(39-37-52)54-40-43-57(44-41-54)81(59-45-47-65-63-25-6-11-30-70(63)79(75(65)50-59)68-28-9-4-22-60(68)61-23-5-10-29-69(61)79)58-21-16-20-55(48-58)56-42-46-64-62-24-7-12-31-71(62)80(74(64)49-56)72-32-13-15-35-77(72)82-76-34-14-8-26-66(76)67-27-17-33-73(80)78(67)82/h1-50H. The van der Waals surface area contributed by atoms with Crippen LogP contribution in [0.15, 0.2) is 303 Å². The van der Waals surface area contributed by atoms with Gasteiger partial charge in [-0.1, -0.05) is 249 Å². The van der Waals surface area contributed by atoms with Crippen LogP contribution in [0.5, 0.6) is 0 Å². The molecule has 2 heterocycles. The normalized spacial score (nSPS) is 15.0. The van der Waals surface area contributed by atoms with E-state index in [9.17, 15) is 0 Å². The van der Waals surface area contributed by atoms with Crippen LogP contribution >= 0.6 is 0 Å². The Morgan fingerprint density at radius 1 is 0.232 bits per heavy atom. The highest BCUT2D eigenvalue weighted by molar-refractivity contribution is 6.13. The third-order valence-electron chi connectivity index (χ3n) is 18.8. The highest BCUT2D eigenvalue weighted by Gasteiger charge is 2.53. The molecule has 2 heteroatoms. The molecule has 18 rings (SSSR count). The van der Waals surface area contributed by atoms with Gasteiger partial charge in [-0.2, -0.15) is 0 Å². The quantitative estimate of drug-likeness (QED) is 0.161. The van der Waals surface area contributed by atoms with Crippen LogP contribution in [0, 0.1) is 0 Å². The fourth-order valence-corrected chi connectivity index (χ4v) is 15.5. The Bertz CT molecular complexity index is 4920. The van der Waals surface area contributed by atoms with Crippen LogP contribution in [-0.4, -0.2) is 4.57 Å². The molecule has 3 aliphatic carbocycles. The highest BCUT2D eigenvalue weighted by atomic mass is 15.1. The molecule has 380 valence electrons. The first-order chi connectivity index (χ1) is 40.7. The lowest BCUT2D eigenvalue weighted by molar-refractivity contribution is 0.749. The van der Waals surface area contributed by atoms with Crippen molar-refractivity contribution >= 4 is 38.9 Å². The van der Waals surface area contributed by atoms with Gasteiger partial charge in [-0.25, -0.2) is 0 Å². The summed E-state index contributed by atoms with van der Waals surface area (Å²) in [6.45, 7) is 0. The van der Waals surface area contributed by atoms with Crippen LogP contribution in [0.1, 0.15) is 44.5 Å². The van der Waals surface area contributed by atoms with Crippen LogP contribution < -0.4 is 4.90 Å². The number of benzene rings is 13. The molecule has 13 aromatic carbocycles. The Morgan fingerprint density at radius 3 is 1.28 bits per heavy atom. The Labute approximate surface area is 476 Å². The number of nitrogens with zero attached hydrogens (tertiary/aromatic N) is 2. The zero-order valence-corrected chi connectivity index (χ0v) is 44.8. The first-order valence-corrected chi connectivity index (χ1v) is 28.7. The summed E-state index contributed by atoms with van der Waals surface area (Å²) in [5, 5.41) is 2.56. The number of anilines is 3. The maximum atomic E-state index is 2.53. The van der Waals surface area contributed by atoms with Gasteiger partial charge in [-0.3, -0.25) is 0 Å². The number of para-hydroxylation sites is 3. The molecule has 0 N–H and O–H groups in total. The summed E-state index contributed by atoms with van der Waals surface area (Å²) < 4.78 is 2.53. The number of fused-ring (bicyclic) bond motifs is 22. The van der Waals surface area contributed by atoms with Crippen molar-refractivity contribution in [1.82, 2.24) is 4.57 Å². The summed E-state index contributed by atoms with van der Waals surface area (Å²) >= 11 is 0. The minimum Gasteiger partial charge on any atom is -0.310 e. The molecule has 2 spiro atoms. The predicted molar refractivity (Wildman–Crippen MR) is 339 cm³/mol. The van der Waals surface area contributed by atoms with E-state index in [2.05, 4.69) is 313 Å². The minimum atomic E-state index is -0.550. The van der Waals surface area contributed by atoms with Gasteiger partial charge in [0.05, 0.1) is 27.6 Å². The summed E-state index contributed by atoms with van der Waals surface area (Å²) in [4.78, 5) is 2.48. The lowest BCUT2D eigenvalue weighted by Gasteiger charge is -2.39. The molecule has 0 bridgehead atoms. The molecular formula is C80H50N2. The molecule has 0 amide bonds. The Hall–Kier alpha value is -10.5. The lowest BCUT2D eigenvalue weighted by atomic mass is 9.65. The second-order valence-electron chi connectivity index (χ2n) is 22.6. The molecule has 82 heavy (non-hydrogen) atoms. The average Bonchev–Trinajstić information content (AvgIpc) is 1.64. The lowest BCUT2D eigenvalue weighted by Crippen LogP contribution is -2.33. The molecule has 0 radical (unpaired) electrons. The zero-order chi connectivity index (χ0) is 53.7. The smallest absolute Gasteiger partial charge is 0.0754 e. The van der Waals surface area contributed by atoms with Gasteiger partial charge in [0.2, 0.25) is 0 Å². The van der Waals surface area contributed by atoms with Crippen molar-refractivity contribution in [2.45, 2.75) is 10.8 Å². The molecule has 1 atom stereocenters. The van der Waals surface area contributed by atoms with E-state index in [1.165, 1.54) is 133 Å². The molecule has 0 saturated heterocycles. The van der Waals surface area contributed by atoms with E-state index < -0.39 is 10.8 Å². The van der Waals surface area contributed by atoms with Crippen molar-refractivity contribution in [3.05, 3.63) is 348 Å². The van der Waals surface area contributed by atoms with Gasteiger partial charge in [-0.05, 0) is 166 Å². The third-order valence-corrected chi connectivity index (χ3v) is 18.8. The Balaban J connectivity index is 0.827. The molecule has 1 aliphatic heterocycles. The second-order valence-corrected chi connectivity index (χ2v) is 22.6. The van der Waals surface area contributed by atoms with Crippen molar-refractivity contribution in [2.24, 2.45) is 0 Å². The summed E-state index contributed by atoms with van der Waals surface area (Å²) in [7, 11) is 0. The summed E-state index contributed by atoms with van der Waals surface area (Å²) in [6, 6.07) is 114. The van der Waals surface area contributed by atoms with Crippen LogP contribution in [0.2, 0.25) is 0 Å². The molecule has 1 unspecified atom stereocenters. The maximum absolute atomic E-state index is 2.53. The van der Waals surface area contributed by atoms with E-state index >= 15 is 0 Å². The highest BCUT2D eigenvalue weighted by Crippen LogP contribution is 2.64. The van der Waals surface area contributed by atoms with Crippen LogP contribution in [0.25, 0.3) is 94.3 Å². The Kier molecular flexibility index (Phi) is 9.39. The van der Waals surface area contributed by atoms with E-state index in [0.717, 1.165) is 22.6 Å². The van der Waals surface area contributed by atoms with Crippen molar-refractivity contribution in [3.8, 4) is 72.4 Å². The van der Waals surface area contributed by atoms with Crippen molar-refractivity contribution in [2.75, 3.05) is 4.90 Å². The third kappa shape index (κ3) is 5.97. The van der Waals surface area contributed by atoms with E-state index in [0.29, 0.717) is 0 Å². The van der Waals surface area contributed by atoms with Crippen molar-refractivity contribution in [1.29, 1.82) is 0 Å². The van der Waals surface area contributed by atoms with E-state index in [4.69, 9.17) is 0 Å². The van der Waals surface area contributed by atoms with E-state index in [-0.39, 0.29) is 0 Å². The number of hydrogen-bond donors (Lipinski definition) is 0. The van der Waals surface area contributed by atoms with Gasteiger partial charge in [0.15, 0.2) is 0 Å². The topological polar surface area (TPSA) is 8.17 Å². The first-order valence-electron chi connectivity index (χ1n) is 28.7. The van der Waals surface area contributed by atoms with Gasteiger partial charge in [0.25, 0.3) is 0 Å². The van der Waals surface area contributed by atoms with E-state index in [1.54, 1.807) is 0 Å². The number of rotatable bonds is 6. The fourth-order valence-electron chi connectivity index (χ4n) is 15.5. The van der Waals surface area contributed by atoms with E-state index in [1.807, 2.05) is 0 Å². The molecule has 0 saturated carbocycles. The van der Waals surface area contributed by atoms with Crippen molar-refractivity contribution in [3.63, 3.8) is 0 Å². The van der Waals surface area contributed by atoms with Crippen LogP contribution in [0.4, 0.5) is 17.1 Å². The first kappa shape index (κ1) is 45.3. The second kappa shape index (κ2) is 17.0. The monoisotopic (exact) mass is 1040 g/mol. The maximum Gasteiger partial charge on any atom is 0.0754 e. The molecule has 4 aliphatic rings. The fraction of sp³-hybridized carbons (Fsp3) is 0.0250. The molecule has 1 aromatic heterocycles. The number of hydrogen-bond acceptors (Lipinski definition) is 1. The van der Waals surface area contributed by atoms with Gasteiger partial charge in [0, 0.05) is 27.8 Å². The molecule has 0 fully saturated rings. The number of aromatic nitrogens is 1. The van der Waals surface area contributed by atoms with Gasteiger partial charge >= 0.3 is 0 Å². The average molecular weight is 1040 g/mol. The Morgan fingerprint density at radius 2 is 0.634 bits per heavy atom. The van der Waals surface area contributed by atoms with Crippen LogP contribution in [-0.2, 0) is 10.8 Å². The zero-order valence-electron chi connectivity index (χ0n) is 44.8. The molecule has 2 nitrogen and oxygen atoms in total. The van der Waals surface area contributed by atoms with Gasteiger partial charge in [-0.15, -0.1) is 0 Å². The summed E-state index contributed by atoms with van der Waals surface area (Å²) in [5.74, 6) is 0. The summed E-state index contributed by atoms with van der Waals surface area (Å²) in [5.41, 5.74) is 31.5. The van der Waals surface area contributed by atoms with Crippen LogP contribution in [0.3, 0.4) is 0 Å². The minimum absolute atomic E-state index is 0.479. The molecular weight excluding hydrogens is 989 g/mol. The van der Waals surface area contributed by atoms with Crippen molar-refractivity contribution < 1.29 is 0 Å². The molecule has 14 aromatic rings. The van der Waals surface area contributed by atoms with Gasteiger partial charge in [0.1, 0.15) is 0 Å². The summed E-state index contributed by atoms with van der Waals surface area (Å²) in [6.07, 6.45) is 0. The van der Waals surface area contributed by atoms with Gasteiger partial charge < -0.3 is 9.47 Å².